The number of nitrogens with zero attached hydrogens (tertiary/aromatic N) is 2. The van der Waals surface area contributed by atoms with Gasteiger partial charge in [-0.2, -0.15) is 5.10 Å². The molecule has 0 aliphatic rings. The van der Waals surface area contributed by atoms with Crippen LogP contribution < -0.4 is 0 Å². The van der Waals surface area contributed by atoms with Crippen LogP contribution in [-0.2, 0) is 0 Å². The van der Waals surface area contributed by atoms with E-state index in [1.54, 1.807) is 4.68 Å². The molecule has 1 N–H and O–H groups in total. The van der Waals surface area contributed by atoms with Crippen molar-refractivity contribution in [2.45, 2.75) is 33.9 Å². The first kappa shape index (κ1) is 10.5. The summed E-state index contributed by atoms with van der Waals surface area (Å²) in [5.41, 5.74) is 1.58. The molecule has 1 atom stereocenters. The van der Waals surface area contributed by atoms with Crippen molar-refractivity contribution in [1.82, 2.24) is 9.78 Å². The molecular formula is C9H15ClN2O. The van der Waals surface area contributed by atoms with Crippen LogP contribution in [0.4, 0.5) is 0 Å². The van der Waals surface area contributed by atoms with E-state index in [0.29, 0.717) is 5.02 Å². The Morgan fingerprint density at radius 1 is 1.38 bits per heavy atom. The van der Waals surface area contributed by atoms with Gasteiger partial charge in [0.05, 0.1) is 16.4 Å². The first-order valence-corrected chi connectivity index (χ1v) is 4.72. The fourth-order valence-electron chi connectivity index (χ4n) is 1.18. The summed E-state index contributed by atoms with van der Waals surface area (Å²) in [4.78, 5) is 0. The molecule has 0 radical (unpaired) electrons. The normalized spacial score (nSPS) is 13.8. The second kappa shape index (κ2) is 3.68. The molecule has 1 aromatic rings. The molecule has 0 fully saturated rings. The Morgan fingerprint density at radius 2 is 1.92 bits per heavy atom. The van der Waals surface area contributed by atoms with Crippen molar-refractivity contribution in [2.24, 2.45) is 5.92 Å². The highest BCUT2D eigenvalue weighted by Gasteiger charge is 2.17. The molecule has 0 saturated carbocycles. The van der Waals surface area contributed by atoms with Crippen molar-refractivity contribution >= 4 is 11.6 Å². The van der Waals surface area contributed by atoms with Gasteiger partial charge in [-0.15, -0.1) is 0 Å². The molecule has 1 aromatic heterocycles. The molecule has 3 nitrogen and oxygen atoms in total. The summed E-state index contributed by atoms with van der Waals surface area (Å²) in [5, 5.41) is 14.6. The smallest absolute Gasteiger partial charge is 0.149 e. The van der Waals surface area contributed by atoms with Crippen LogP contribution in [0.5, 0.6) is 0 Å². The molecule has 1 rings (SSSR count). The molecule has 74 valence electrons. The standard InChI is InChI=1S/C9H15ClN2O/c1-5(2)9(13)12-7(4)8(10)6(3)11-12/h5,9,13H,1-4H3. The third kappa shape index (κ3) is 1.86. The van der Waals surface area contributed by atoms with Crippen molar-refractivity contribution < 1.29 is 5.11 Å². The molecule has 0 aromatic carbocycles. The fraction of sp³-hybridized carbons (Fsp3) is 0.667. The minimum absolute atomic E-state index is 0.133. The Labute approximate surface area is 83.3 Å². The number of hydrogen-bond donors (Lipinski definition) is 1. The van der Waals surface area contributed by atoms with Gasteiger partial charge >= 0.3 is 0 Å². The average molecular weight is 203 g/mol. The van der Waals surface area contributed by atoms with Gasteiger partial charge in [0.15, 0.2) is 0 Å². The number of rotatable bonds is 2. The van der Waals surface area contributed by atoms with Crippen LogP contribution in [0.15, 0.2) is 0 Å². The Bertz CT molecular complexity index is 307. The van der Waals surface area contributed by atoms with E-state index < -0.39 is 6.23 Å². The third-order valence-corrected chi connectivity index (χ3v) is 2.63. The van der Waals surface area contributed by atoms with Gasteiger partial charge in [0.25, 0.3) is 0 Å². The van der Waals surface area contributed by atoms with Crippen molar-refractivity contribution in [1.29, 1.82) is 0 Å². The summed E-state index contributed by atoms with van der Waals surface area (Å²) >= 11 is 5.95. The maximum absolute atomic E-state index is 9.76. The Kier molecular flexibility index (Phi) is 2.98. The van der Waals surface area contributed by atoms with Gasteiger partial charge in [-0.25, -0.2) is 4.68 Å². The molecular weight excluding hydrogens is 188 g/mol. The summed E-state index contributed by atoms with van der Waals surface area (Å²) in [7, 11) is 0. The molecule has 0 spiro atoms. The van der Waals surface area contributed by atoms with Crippen molar-refractivity contribution in [2.75, 3.05) is 0 Å². The van der Waals surface area contributed by atoms with Gasteiger partial charge < -0.3 is 5.11 Å². The number of aryl methyl sites for hydroxylation is 1. The molecule has 0 amide bonds. The molecule has 1 heterocycles. The Morgan fingerprint density at radius 3 is 2.23 bits per heavy atom. The van der Waals surface area contributed by atoms with Gasteiger partial charge in [-0.3, -0.25) is 0 Å². The zero-order valence-corrected chi connectivity index (χ0v) is 9.13. The summed E-state index contributed by atoms with van der Waals surface area (Å²) in [6.45, 7) is 7.57. The summed E-state index contributed by atoms with van der Waals surface area (Å²) < 4.78 is 1.57. The lowest BCUT2D eigenvalue weighted by atomic mass is 10.2. The highest BCUT2D eigenvalue weighted by Crippen LogP contribution is 2.24. The first-order valence-electron chi connectivity index (χ1n) is 4.34. The Hall–Kier alpha value is -0.540. The summed E-state index contributed by atoms with van der Waals surface area (Å²) in [6, 6.07) is 0. The van der Waals surface area contributed by atoms with Crippen LogP contribution in [0.2, 0.25) is 5.02 Å². The molecule has 0 bridgehead atoms. The zero-order valence-electron chi connectivity index (χ0n) is 8.37. The third-order valence-electron chi connectivity index (χ3n) is 2.08. The number of aliphatic hydroxyl groups excluding tert-OH is 1. The minimum Gasteiger partial charge on any atom is -0.371 e. The number of hydrogen-bond acceptors (Lipinski definition) is 2. The predicted octanol–water partition coefficient (Wildman–Crippen LogP) is 2.30. The highest BCUT2D eigenvalue weighted by atomic mass is 35.5. The van der Waals surface area contributed by atoms with Crippen LogP contribution in [0.3, 0.4) is 0 Å². The summed E-state index contributed by atoms with van der Waals surface area (Å²) in [6.07, 6.45) is -0.591. The van der Waals surface area contributed by atoms with E-state index in [1.165, 1.54) is 0 Å². The van der Waals surface area contributed by atoms with E-state index in [9.17, 15) is 5.11 Å². The quantitative estimate of drug-likeness (QED) is 0.799. The number of halogens is 1. The van der Waals surface area contributed by atoms with Gasteiger partial charge in [-0.1, -0.05) is 25.4 Å². The topological polar surface area (TPSA) is 38.0 Å². The largest absolute Gasteiger partial charge is 0.371 e. The van der Waals surface area contributed by atoms with E-state index in [0.717, 1.165) is 11.4 Å². The molecule has 0 aliphatic carbocycles. The van der Waals surface area contributed by atoms with Gasteiger partial charge in [-0.05, 0) is 19.8 Å². The zero-order chi connectivity index (χ0) is 10.2. The average Bonchev–Trinajstić information content (AvgIpc) is 2.31. The van der Waals surface area contributed by atoms with Crippen LogP contribution >= 0.6 is 11.6 Å². The number of aromatic nitrogens is 2. The Balaban J connectivity index is 3.08. The second-order valence-corrected chi connectivity index (χ2v) is 3.96. The first-order chi connectivity index (χ1) is 5.95. The monoisotopic (exact) mass is 202 g/mol. The lowest BCUT2D eigenvalue weighted by Crippen LogP contribution is -2.17. The van der Waals surface area contributed by atoms with E-state index in [2.05, 4.69) is 5.10 Å². The van der Waals surface area contributed by atoms with Crippen molar-refractivity contribution in [3.8, 4) is 0 Å². The maximum atomic E-state index is 9.76. The number of aliphatic hydroxyl groups is 1. The maximum Gasteiger partial charge on any atom is 0.149 e. The van der Waals surface area contributed by atoms with Crippen LogP contribution in [-0.4, -0.2) is 14.9 Å². The molecule has 1 unspecified atom stereocenters. The second-order valence-electron chi connectivity index (χ2n) is 3.59. The van der Waals surface area contributed by atoms with E-state index in [4.69, 9.17) is 11.6 Å². The molecule has 0 aliphatic heterocycles. The van der Waals surface area contributed by atoms with Gasteiger partial charge in [0, 0.05) is 0 Å². The molecule has 0 saturated heterocycles. The van der Waals surface area contributed by atoms with E-state index in [1.807, 2.05) is 27.7 Å². The summed E-state index contributed by atoms with van der Waals surface area (Å²) in [5.74, 6) is 0.133. The lowest BCUT2D eigenvalue weighted by molar-refractivity contribution is 0.0427. The van der Waals surface area contributed by atoms with Crippen LogP contribution in [0.25, 0.3) is 0 Å². The van der Waals surface area contributed by atoms with Crippen molar-refractivity contribution in [3.05, 3.63) is 16.4 Å². The predicted molar refractivity (Wildman–Crippen MR) is 52.8 cm³/mol. The van der Waals surface area contributed by atoms with Gasteiger partial charge in [0.2, 0.25) is 0 Å². The SMILES string of the molecule is Cc1nn(C(O)C(C)C)c(C)c1Cl. The van der Waals surface area contributed by atoms with Crippen LogP contribution in [0.1, 0.15) is 31.5 Å². The molecule has 4 heteroatoms. The minimum atomic E-state index is -0.591. The fourth-order valence-corrected chi connectivity index (χ4v) is 1.31. The van der Waals surface area contributed by atoms with Crippen molar-refractivity contribution in [3.63, 3.8) is 0 Å². The van der Waals surface area contributed by atoms with Crippen LogP contribution in [0, 0.1) is 19.8 Å². The highest BCUT2D eigenvalue weighted by molar-refractivity contribution is 6.31. The van der Waals surface area contributed by atoms with E-state index >= 15 is 0 Å². The molecule has 13 heavy (non-hydrogen) atoms. The van der Waals surface area contributed by atoms with Gasteiger partial charge in [0.1, 0.15) is 6.23 Å². The van der Waals surface area contributed by atoms with E-state index in [-0.39, 0.29) is 5.92 Å². The lowest BCUT2D eigenvalue weighted by Gasteiger charge is -2.16.